The van der Waals surface area contributed by atoms with E-state index in [2.05, 4.69) is 17.1 Å². The average molecular weight is 346 g/mol. The second kappa shape index (κ2) is 8.37. The van der Waals surface area contributed by atoms with E-state index in [4.69, 9.17) is 9.47 Å². The molecule has 0 unspecified atom stereocenters. The Morgan fingerprint density at radius 2 is 2.17 bits per heavy atom. The van der Waals surface area contributed by atoms with Gasteiger partial charge in [0.15, 0.2) is 0 Å². The molecule has 24 heavy (non-hydrogen) atoms. The molecule has 0 spiro atoms. The SMILES string of the molecule is COCCO[C@H]1CCN(C(=O)c2cscn2)[C@H]1Cc1ccccc1. The summed E-state index contributed by atoms with van der Waals surface area (Å²) in [5.41, 5.74) is 3.43. The highest BCUT2D eigenvalue weighted by Gasteiger charge is 2.38. The van der Waals surface area contributed by atoms with Crippen LogP contribution in [-0.2, 0) is 15.9 Å². The largest absolute Gasteiger partial charge is 0.382 e. The monoisotopic (exact) mass is 346 g/mol. The normalized spacial score (nSPS) is 20.5. The Kier molecular flexibility index (Phi) is 5.96. The minimum Gasteiger partial charge on any atom is -0.382 e. The molecule has 2 aromatic rings. The molecule has 1 amide bonds. The van der Waals surface area contributed by atoms with Crippen LogP contribution in [0.2, 0.25) is 0 Å². The third-order valence-electron chi connectivity index (χ3n) is 4.30. The third-order valence-corrected chi connectivity index (χ3v) is 4.89. The van der Waals surface area contributed by atoms with E-state index in [0.717, 1.165) is 12.8 Å². The van der Waals surface area contributed by atoms with Gasteiger partial charge in [-0.1, -0.05) is 30.3 Å². The number of carbonyl (C=O) groups excluding carboxylic acids is 1. The fourth-order valence-corrected chi connectivity index (χ4v) is 3.64. The first kappa shape index (κ1) is 17.1. The van der Waals surface area contributed by atoms with E-state index in [0.29, 0.717) is 25.5 Å². The van der Waals surface area contributed by atoms with Crippen molar-refractivity contribution in [3.63, 3.8) is 0 Å². The maximum Gasteiger partial charge on any atom is 0.273 e. The Bertz CT molecular complexity index is 633. The topological polar surface area (TPSA) is 51.7 Å². The number of ether oxygens (including phenoxy) is 2. The Balaban J connectivity index is 1.75. The molecule has 1 aromatic heterocycles. The van der Waals surface area contributed by atoms with E-state index in [1.807, 2.05) is 23.1 Å². The van der Waals surface area contributed by atoms with E-state index in [9.17, 15) is 4.79 Å². The van der Waals surface area contributed by atoms with Gasteiger partial charge in [0.05, 0.1) is 30.9 Å². The highest BCUT2D eigenvalue weighted by atomic mass is 32.1. The van der Waals surface area contributed by atoms with E-state index >= 15 is 0 Å². The van der Waals surface area contributed by atoms with Crippen molar-refractivity contribution >= 4 is 17.2 Å². The Morgan fingerprint density at radius 1 is 1.33 bits per heavy atom. The quantitative estimate of drug-likeness (QED) is 0.723. The molecular formula is C18H22N2O3S. The first-order valence-electron chi connectivity index (χ1n) is 8.13. The lowest BCUT2D eigenvalue weighted by Gasteiger charge is -2.28. The summed E-state index contributed by atoms with van der Waals surface area (Å²) in [4.78, 5) is 18.9. The van der Waals surface area contributed by atoms with Crippen LogP contribution in [0.25, 0.3) is 0 Å². The Morgan fingerprint density at radius 3 is 2.88 bits per heavy atom. The molecule has 0 radical (unpaired) electrons. The molecule has 0 N–H and O–H groups in total. The van der Waals surface area contributed by atoms with Gasteiger partial charge in [0.2, 0.25) is 0 Å². The van der Waals surface area contributed by atoms with E-state index in [1.165, 1.54) is 16.9 Å². The number of hydrogen-bond donors (Lipinski definition) is 0. The Labute approximate surface area is 146 Å². The molecule has 0 saturated carbocycles. The van der Waals surface area contributed by atoms with Crippen LogP contribution >= 0.6 is 11.3 Å². The van der Waals surface area contributed by atoms with Crippen LogP contribution in [0.4, 0.5) is 0 Å². The maximum absolute atomic E-state index is 12.8. The van der Waals surface area contributed by atoms with Gasteiger partial charge in [0.25, 0.3) is 5.91 Å². The van der Waals surface area contributed by atoms with Crippen LogP contribution in [0.15, 0.2) is 41.2 Å². The van der Waals surface area contributed by atoms with Gasteiger partial charge in [-0.2, -0.15) is 0 Å². The number of thiazole rings is 1. The van der Waals surface area contributed by atoms with Gasteiger partial charge in [-0.05, 0) is 18.4 Å². The number of methoxy groups -OCH3 is 1. The van der Waals surface area contributed by atoms with Gasteiger partial charge >= 0.3 is 0 Å². The lowest BCUT2D eigenvalue weighted by Crippen LogP contribution is -2.42. The van der Waals surface area contributed by atoms with Crippen molar-refractivity contribution in [3.05, 3.63) is 52.5 Å². The molecule has 2 heterocycles. The molecule has 2 atom stereocenters. The molecule has 128 valence electrons. The molecular weight excluding hydrogens is 324 g/mol. The molecule has 5 nitrogen and oxygen atoms in total. The zero-order valence-electron chi connectivity index (χ0n) is 13.8. The summed E-state index contributed by atoms with van der Waals surface area (Å²) in [6.07, 6.45) is 1.66. The minimum atomic E-state index is -0.00461. The smallest absolute Gasteiger partial charge is 0.273 e. The van der Waals surface area contributed by atoms with Gasteiger partial charge in [0.1, 0.15) is 5.69 Å². The van der Waals surface area contributed by atoms with Crippen molar-refractivity contribution in [3.8, 4) is 0 Å². The van der Waals surface area contributed by atoms with Crippen molar-refractivity contribution in [1.29, 1.82) is 0 Å². The van der Waals surface area contributed by atoms with E-state index in [-0.39, 0.29) is 18.1 Å². The van der Waals surface area contributed by atoms with Crippen molar-refractivity contribution in [2.45, 2.75) is 25.0 Å². The van der Waals surface area contributed by atoms with Gasteiger partial charge in [-0.15, -0.1) is 11.3 Å². The molecule has 0 aliphatic carbocycles. The summed E-state index contributed by atoms with van der Waals surface area (Å²) in [5.74, 6) is -0.00461. The third kappa shape index (κ3) is 4.01. The van der Waals surface area contributed by atoms with Gasteiger partial charge in [-0.25, -0.2) is 4.98 Å². The standard InChI is InChI=1S/C18H22N2O3S/c1-22-9-10-23-17-7-8-20(18(21)15-12-24-13-19-15)16(17)11-14-5-3-2-4-6-14/h2-6,12-13,16-17H,7-11H2,1H3/t16-,17-/m0/s1. The second-order valence-electron chi connectivity index (χ2n) is 5.82. The fourth-order valence-electron chi connectivity index (χ4n) is 3.12. The van der Waals surface area contributed by atoms with Crippen molar-refractivity contribution < 1.29 is 14.3 Å². The van der Waals surface area contributed by atoms with Crippen LogP contribution in [0.3, 0.4) is 0 Å². The number of rotatable bonds is 7. The van der Waals surface area contributed by atoms with Crippen LogP contribution in [0, 0.1) is 0 Å². The number of nitrogens with zero attached hydrogens (tertiary/aromatic N) is 2. The lowest BCUT2D eigenvalue weighted by molar-refractivity contribution is 0.000430. The molecule has 1 fully saturated rings. The molecule has 1 saturated heterocycles. The van der Waals surface area contributed by atoms with Crippen LogP contribution < -0.4 is 0 Å². The van der Waals surface area contributed by atoms with Crippen LogP contribution in [0.1, 0.15) is 22.5 Å². The predicted molar refractivity (Wildman–Crippen MR) is 93.3 cm³/mol. The summed E-state index contributed by atoms with van der Waals surface area (Å²) in [7, 11) is 1.66. The minimum absolute atomic E-state index is 0.00461. The van der Waals surface area contributed by atoms with Gasteiger partial charge in [-0.3, -0.25) is 4.79 Å². The lowest BCUT2D eigenvalue weighted by atomic mass is 10.0. The summed E-state index contributed by atoms with van der Waals surface area (Å²) >= 11 is 1.44. The fraction of sp³-hybridized carbons (Fsp3) is 0.444. The number of aromatic nitrogens is 1. The first-order chi connectivity index (χ1) is 11.8. The Hall–Kier alpha value is -1.76. The number of hydrogen-bond acceptors (Lipinski definition) is 5. The summed E-state index contributed by atoms with van der Waals surface area (Å²) in [6.45, 7) is 1.81. The molecule has 6 heteroatoms. The second-order valence-corrected chi connectivity index (χ2v) is 6.54. The van der Waals surface area contributed by atoms with Crippen molar-refractivity contribution in [2.75, 3.05) is 26.9 Å². The molecule has 0 bridgehead atoms. The van der Waals surface area contributed by atoms with Gasteiger partial charge < -0.3 is 14.4 Å². The number of amides is 1. The number of benzene rings is 1. The predicted octanol–water partition coefficient (Wildman–Crippen LogP) is 2.63. The first-order valence-corrected chi connectivity index (χ1v) is 9.07. The van der Waals surface area contributed by atoms with Crippen LogP contribution in [0.5, 0.6) is 0 Å². The molecule has 1 aliphatic rings. The summed E-state index contributed by atoms with van der Waals surface area (Å²) < 4.78 is 11.1. The van der Waals surface area contributed by atoms with Crippen LogP contribution in [-0.4, -0.2) is 54.8 Å². The maximum atomic E-state index is 12.8. The van der Waals surface area contributed by atoms with E-state index in [1.54, 1.807) is 18.0 Å². The summed E-state index contributed by atoms with van der Waals surface area (Å²) in [5, 5.41) is 1.81. The van der Waals surface area contributed by atoms with Gasteiger partial charge in [0, 0.05) is 19.0 Å². The van der Waals surface area contributed by atoms with Crippen molar-refractivity contribution in [2.24, 2.45) is 0 Å². The van der Waals surface area contributed by atoms with E-state index < -0.39 is 0 Å². The van der Waals surface area contributed by atoms with Crippen molar-refractivity contribution in [1.82, 2.24) is 9.88 Å². The number of likely N-dealkylation sites (tertiary alicyclic amines) is 1. The highest BCUT2D eigenvalue weighted by Crippen LogP contribution is 2.26. The average Bonchev–Trinajstić information content (AvgIpc) is 3.26. The zero-order valence-corrected chi connectivity index (χ0v) is 14.6. The summed E-state index contributed by atoms with van der Waals surface area (Å²) in [6, 6.07) is 10.3. The zero-order chi connectivity index (χ0) is 16.8. The molecule has 1 aliphatic heterocycles. The molecule has 3 rings (SSSR count). The molecule has 1 aromatic carbocycles. The highest BCUT2D eigenvalue weighted by molar-refractivity contribution is 7.07. The number of carbonyl (C=O) groups is 1.